The number of carbonyl (C=O) groups excluding carboxylic acids is 1. The number of carbonyl (C=O) groups is 1. The summed E-state index contributed by atoms with van der Waals surface area (Å²) in [7, 11) is -3.17. The van der Waals surface area contributed by atoms with Gasteiger partial charge in [0.15, 0.2) is 0 Å². The van der Waals surface area contributed by atoms with Gasteiger partial charge in [-0.1, -0.05) is 6.07 Å². The Bertz CT molecular complexity index is 682. The van der Waals surface area contributed by atoms with E-state index in [9.17, 15) is 13.2 Å². The van der Waals surface area contributed by atoms with Gasteiger partial charge in [0, 0.05) is 24.0 Å². The number of benzene rings is 1. The molecule has 0 aromatic heterocycles. The molecule has 7 heteroatoms. The summed E-state index contributed by atoms with van der Waals surface area (Å²) in [4.78, 5) is 11.1. The molecule has 2 N–H and O–H groups in total. The van der Waals surface area contributed by atoms with Crippen molar-refractivity contribution >= 4 is 27.3 Å². The van der Waals surface area contributed by atoms with E-state index in [1.54, 1.807) is 18.2 Å². The van der Waals surface area contributed by atoms with Crippen LogP contribution in [0.4, 0.5) is 11.4 Å². The van der Waals surface area contributed by atoms with Crippen molar-refractivity contribution in [3.63, 3.8) is 0 Å². The summed E-state index contributed by atoms with van der Waals surface area (Å²) in [6, 6.07) is 7.21. The first-order valence-corrected chi connectivity index (χ1v) is 8.01. The highest BCUT2D eigenvalue weighted by atomic mass is 32.2. The van der Waals surface area contributed by atoms with Gasteiger partial charge in [-0.15, -0.1) is 0 Å². The van der Waals surface area contributed by atoms with Gasteiger partial charge in [0.05, 0.1) is 18.0 Å². The van der Waals surface area contributed by atoms with Crippen LogP contribution >= 0.6 is 0 Å². The molecule has 0 unspecified atom stereocenters. The summed E-state index contributed by atoms with van der Waals surface area (Å²) in [5.41, 5.74) is 2.20. The molecular weight excluding hydrogens is 278 g/mol. The maximum absolute atomic E-state index is 11.9. The molecule has 2 heterocycles. The monoisotopic (exact) mass is 293 g/mol. The average Bonchev–Trinajstić information content (AvgIpc) is 2.95. The van der Waals surface area contributed by atoms with Crippen molar-refractivity contribution in [3.8, 4) is 0 Å². The third-order valence-corrected chi connectivity index (χ3v) is 5.17. The Kier molecular flexibility index (Phi) is 3.13. The van der Waals surface area contributed by atoms with Crippen molar-refractivity contribution in [1.82, 2.24) is 5.32 Å². The van der Waals surface area contributed by atoms with Gasteiger partial charge in [0.25, 0.3) is 0 Å². The van der Waals surface area contributed by atoms with Crippen LogP contribution in [0.1, 0.15) is 6.42 Å². The molecule has 1 aromatic rings. The molecule has 6 nitrogen and oxygen atoms in total. The largest absolute Gasteiger partial charge is 0.357 e. The zero-order valence-corrected chi connectivity index (χ0v) is 11.6. The fourth-order valence-corrected chi connectivity index (χ4v) is 3.93. The Labute approximate surface area is 117 Å². The third kappa shape index (κ3) is 2.49. The molecule has 2 aliphatic rings. The molecule has 1 aromatic carbocycles. The molecule has 20 heavy (non-hydrogen) atoms. The van der Waals surface area contributed by atoms with Gasteiger partial charge in [-0.2, -0.15) is 0 Å². The first kappa shape index (κ1) is 13.0. The van der Waals surface area contributed by atoms with Crippen LogP contribution in [0.3, 0.4) is 0 Å². The molecule has 0 radical (unpaired) electrons. The zero-order chi connectivity index (χ0) is 14.2. The number of amides is 1. The first-order chi connectivity index (χ1) is 9.54. The van der Waals surface area contributed by atoms with Gasteiger partial charge in [0.2, 0.25) is 15.9 Å². The molecule has 106 valence electrons. The van der Waals surface area contributed by atoms with Crippen molar-refractivity contribution in [2.24, 2.45) is 0 Å². The highest BCUT2D eigenvalue weighted by Gasteiger charge is 2.28. The number of hydrogen-bond acceptors (Lipinski definition) is 4. The van der Waals surface area contributed by atoms with Crippen molar-refractivity contribution in [1.29, 1.82) is 0 Å². The van der Waals surface area contributed by atoms with Crippen molar-refractivity contribution in [2.45, 2.75) is 6.42 Å². The summed E-state index contributed by atoms with van der Waals surface area (Å²) in [6.45, 7) is 0.986. The second kappa shape index (κ2) is 4.82. The van der Waals surface area contributed by atoms with Crippen LogP contribution in [-0.4, -0.2) is 33.2 Å². The third-order valence-electron chi connectivity index (χ3n) is 3.30. The summed E-state index contributed by atoms with van der Waals surface area (Å²) in [5.74, 6) is 0.0830. The standard InChI is InChI=1S/C13H15N3O3S/c17-13-8-11(9-14-13)15-10-3-1-4-12(7-10)16-5-2-6-20(16,18)19/h1,3-4,7-8,15H,2,5-6,9H2,(H,14,17). The van der Waals surface area contributed by atoms with Crippen LogP contribution in [0, 0.1) is 0 Å². The second-order valence-electron chi connectivity index (χ2n) is 4.80. The van der Waals surface area contributed by atoms with Gasteiger partial charge < -0.3 is 10.6 Å². The maximum atomic E-state index is 11.9. The Morgan fingerprint density at radius 2 is 2.15 bits per heavy atom. The SMILES string of the molecule is O=C1C=C(Nc2cccc(N3CCCS3(=O)=O)c2)CN1. The number of rotatable bonds is 3. The first-order valence-electron chi connectivity index (χ1n) is 6.40. The normalized spacial score (nSPS) is 20.7. The minimum Gasteiger partial charge on any atom is -0.357 e. The van der Waals surface area contributed by atoms with Crippen LogP contribution in [0.15, 0.2) is 36.0 Å². The molecule has 0 atom stereocenters. The van der Waals surface area contributed by atoms with E-state index < -0.39 is 10.0 Å². The lowest BCUT2D eigenvalue weighted by Crippen LogP contribution is -2.25. The van der Waals surface area contributed by atoms with Crippen molar-refractivity contribution < 1.29 is 13.2 Å². The predicted molar refractivity (Wildman–Crippen MR) is 76.9 cm³/mol. The van der Waals surface area contributed by atoms with Gasteiger partial charge >= 0.3 is 0 Å². The van der Waals surface area contributed by atoms with E-state index in [0.29, 0.717) is 25.2 Å². The van der Waals surface area contributed by atoms with E-state index in [1.807, 2.05) is 6.07 Å². The molecule has 0 saturated carbocycles. The number of anilines is 2. The maximum Gasteiger partial charge on any atom is 0.246 e. The van der Waals surface area contributed by atoms with E-state index >= 15 is 0 Å². The lowest BCUT2D eigenvalue weighted by molar-refractivity contribution is -0.115. The molecule has 0 aliphatic carbocycles. The lowest BCUT2D eigenvalue weighted by atomic mass is 10.2. The summed E-state index contributed by atoms with van der Waals surface area (Å²) in [5, 5.41) is 5.79. The van der Waals surface area contributed by atoms with Gasteiger partial charge in [-0.05, 0) is 24.6 Å². The minimum absolute atomic E-state index is 0.120. The average molecular weight is 293 g/mol. The fraction of sp³-hybridized carbons (Fsp3) is 0.308. The molecular formula is C13H15N3O3S. The highest BCUT2D eigenvalue weighted by Crippen LogP contribution is 2.26. The second-order valence-corrected chi connectivity index (χ2v) is 6.82. The van der Waals surface area contributed by atoms with E-state index in [2.05, 4.69) is 10.6 Å². The Hall–Kier alpha value is -2.02. The van der Waals surface area contributed by atoms with Crippen molar-refractivity contribution in [2.75, 3.05) is 28.5 Å². The van der Waals surface area contributed by atoms with E-state index in [1.165, 1.54) is 10.4 Å². The van der Waals surface area contributed by atoms with Crippen LogP contribution in [0.25, 0.3) is 0 Å². The number of hydrogen-bond donors (Lipinski definition) is 2. The van der Waals surface area contributed by atoms with Gasteiger partial charge in [-0.25, -0.2) is 8.42 Å². The topological polar surface area (TPSA) is 78.5 Å². The molecule has 0 spiro atoms. The van der Waals surface area contributed by atoms with Crippen LogP contribution in [0.5, 0.6) is 0 Å². The van der Waals surface area contributed by atoms with Crippen LogP contribution in [0.2, 0.25) is 0 Å². The molecule has 1 fully saturated rings. The number of sulfonamides is 1. The van der Waals surface area contributed by atoms with Gasteiger partial charge in [-0.3, -0.25) is 9.10 Å². The van der Waals surface area contributed by atoms with Gasteiger partial charge in [0.1, 0.15) is 0 Å². The predicted octanol–water partition coefficient (Wildman–Crippen LogP) is 0.652. The summed E-state index contributed by atoms with van der Waals surface area (Å²) in [6.07, 6.45) is 2.16. The number of nitrogens with one attached hydrogen (secondary N) is 2. The molecule has 0 bridgehead atoms. The lowest BCUT2D eigenvalue weighted by Gasteiger charge is -2.18. The minimum atomic E-state index is -3.17. The molecule has 1 amide bonds. The van der Waals surface area contributed by atoms with E-state index in [-0.39, 0.29) is 11.7 Å². The van der Waals surface area contributed by atoms with Crippen LogP contribution in [-0.2, 0) is 14.8 Å². The Morgan fingerprint density at radius 3 is 2.80 bits per heavy atom. The Balaban J connectivity index is 1.83. The number of nitrogens with zero attached hydrogens (tertiary/aromatic N) is 1. The molecule has 1 saturated heterocycles. The van der Waals surface area contributed by atoms with E-state index in [0.717, 1.165) is 11.4 Å². The summed E-state index contributed by atoms with van der Waals surface area (Å²) < 4.78 is 25.2. The quantitative estimate of drug-likeness (QED) is 0.858. The summed E-state index contributed by atoms with van der Waals surface area (Å²) >= 11 is 0. The fourth-order valence-electron chi connectivity index (χ4n) is 2.38. The van der Waals surface area contributed by atoms with Crippen molar-refractivity contribution in [3.05, 3.63) is 36.0 Å². The van der Waals surface area contributed by atoms with Crippen LogP contribution < -0.4 is 14.9 Å². The van der Waals surface area contributed by atoms with E-state index in [4.69, 9.17) is 0 Å². The Morgan fingerprint density at radius 1 is 1.30 bits per heavy atom. The molecule has 3 rings (SSSR count). The highest BCUT2D eigenvalue weighted by molar-refractivity contribution is 7.93. The molecule has 2 aliphatic heterocycles. The smallest absolute Gasteiger partial charge is 0.246 e. The zero-order valence-electron chi connectivity index (χ0n) is 10.8.